The Bertz CT molecular complexity index is 1110. The number of pyridine rings is 1. The van der Waals surface area contributed by atoms with Gasteiger partial charge in [-0.15, -0.1) is 0 Å². The first-order valence-electron chi connectivity index (χ1n) is 12.6. The molecule has 1 amide bonds. The summed E-state index contributed by atoms with van der Waals surface area (Å²) in [6.07, 6.45) is 15.8. The second-order valence-corrected chi connectivity index (χ2v) is 9.66. The highest BCUT2D eigenvalue weighted by atomic mass is 16.5. The van der Waals surface area contributed by atoms with E-state index in [2.05, 4.69) is 20.9 Å². The molecule has 3 N–H and O–H groups in total. The first-order chi connectivity index (χ1) is 17.1. The third-order valence-corrected chi connectivity index (χ3v) is 6.76. The number of hydrogen-bond donors (Lipinski definition) is 3. The van der Waals surface area contributed by atoms with Gasteiger partial charge in [0.25, 0.3) is 0 Å². The van der Waals surface area contributed by atoms with Crippen LogP contribution in [0.25, 0.3) is 5.82 Å². The van der Waals surface area contributed by atoms with E-state index in [0.29, 0.717) is 30.3 Å². The normalized spacial score (nSPS) is 17.0. The lowest BCUT2D eigenvalue weighted by atomic mass is 9.84. The maximum atomic E-state index is 13.3. The third kappa shape index (κ3) is 6.49. The van der Waals surface area contributed by atoms with Crippen molar-refractivity contribution in [3.05, 3.63) is 65.9 Å². The van der Waals surface area contributed by atoms with E-state index in [-0.39, 0.29) is 5.91 Å². The highest BCUT2D eigenvalue weighted by Crippen LogP contribution is 2.29. The minimum Gasteiger partial charge on any atom is -0.619 e. The lowest BCUT2D eigenvalue weighted by Gasteiger charge is -2.27. The molecule has 0 spiro atoms. The fourth-order valence-corrected chi connectivity index (χ4v) is 4.64. The molecule has 2 aliphatic rings. The van der Waals surface area contributed by atoms with E-state index in [4.69, 9.17) is 4.98 Å². The molecule has 0 saturated heterocycles. The van der Waals surface area contributed by atoms with Gasteiger partial charge in [0.2, 0.25) is 11.9 Å². The average molecular weight is 476 g/mol. The maximum absolute atomic E-state index is 13.3. The van der Waals surface area contributed by atoms with Crippen LogP contribution < -0.4 is 20.7 Å². The second kappa shape index (κ2) is 10.8. The van der Waals surface area contributed by atoms with Gasteiger partial charge in [-0.25, -0.2) is 0 Å². The number of anilines is 2. The van der Waals surface area contributed by atoms with Crippen molar-refractivity contribution < 1.29 is 9.52 Å². The summed E-state index contributed by atoms with van der Waals surface area (Å²) in [5.41, 5.74) is 0.884. The fourth-order valence-electron chi connectivity index (χ4n) is 4.64. The monoisotopic (exact) mass is 475 g/mol. The molecular weight excluding hydrogens is 442 g/mol. The van der Waals surface area contributed by atoms with Gasteiger partial charge < -0.3 is 25.7 Å². The number of carbonyl (C=O) groups excluding carboxylic acids is 1. The van der Waals surface area contributed by atoms with Crippen LogP contribution in [0.4, 0.5) is 11.8 Å². The van der Waals surface area contributed by atoms with Gasteiger partial charge in [0, 0.05) is 43.2 Å². The first-order valence-corrected chi connectivity index (χ1v) is 12.6. The van der Waals surface area contributed by atoms with E-state index in [1.807, 2.05) is 35.2 Å². The van der Waals surface area contributed by atoms with Gasteiger partial charge >= 0.3 is 0 Å². The molecule has 2 saturated carbocycles. The minimum atomic E-state index is -0.410. The molecular formula is C26H33N7O2. The second-order valence-electron chi connectivity index (χ2n) is 9.66. The van der Waals surface area contributed by atoms with Crippen LogP contribution in [-0.4, -0.2) is 32.5 Å². The topological polar surface area (TPSA) is 111 Å². The number of amides is 1. The van der Waals surface area contributed by atoms with Crippen molar-refractivity contribution in [3.8, 4) is 5.82 Å². The van der Waals surface area contributed by atoms with Crippen LogP contribution in [0.1, 0.15) is 56.9 Å². The molecule has 0 bridgehead atoms. The Labute approximate surface area is 205 Å². The van der Waals surface area contributed by atoms with Crippen molar-refractivity contribution in [3.63, 3.8) is 0 Å². The molecule has 1 atom stereocenters. The van der Waals surface area contributed by atoms with E-state index < -0.39 is 6.04 Å². The molecule has 0 aromatic carbocycles. The Hall–Kier alpha value is -3.62. The Morgan fingerprint density at radius 2 is 1.83 bits per heavy atom. The van der Waals surface area contributed by atoms with E-state index in [1.165, 1.54) is 31.7 Å². The Balaban J connectivity index is 1.34. The summed E-state index contributed by atoms with van der Waals surface area (Å²) < 4.78 is 2.68. The average Bonchev–Trinajstić information content (AvgIpc) is 3.50. The Kier molecular flexibility index (Phi) is 7.11. The zero-order valence-corrected chi connectivity index (χ0v) is 19.9. The highest BCUT2D eigenvalue weighted by Gasteiger charge is 2.26. The number of rotatable bonds is 10. The van der Waals surface area contributed by atoms with Crippen LogP contribution >= 0.6 is 0 Å². The molecule has 9 heteroatoms. The van der Waals surface area contributed by atoms with E-state index >= 15 is 0 Å². The van der Waals surface area contributed by atoms with Crippen LogP contribution in [0.15, 0.2) is 55.1 Å². The number of nitrogens with one attached hydrogen (secondary N) is 3. The van der Waals surface area contributed by atoms with Crippen LogP contribution in [0.5, 0.6) is 0 Å². The molecule has 0 radical (unpaired) electrons. The number of carbonyl (C=O) groups is 1. The zero-order valence-electron chi connectivity index (χ0n) is 19.9. The number of aromatic nitrogens is 4. The highest BCUT2D eigenvalue weighted by molar-refractivity contribution is 5.84. The summed E-state index contributed by atoms with van der Waals surface area (Å²) in [6, 6.07) is 9.26. The fraction of sp³-hybridized carbons (Fsp3) is 0.462. The predicted octanol–water partition coefficient (Wildman–Crippen LogP) is 3.54. The third-order valence-electron chi connectivity index (χ3n) is 6.76. The van der Waals surface area contributed by atoms with Gasteiger partial charge in [0.05, 0.1) is 0 Å². The van der Waals surface area contributed by atoms with Crippen molar-refractivity contribution in [2.24, 2.45) is 5.92 Å². The SMILES string of the molecule is O=C(NCc1cc[n+]([O-])cc1)[C@@H](CC1CCCCC1)Nc1cc(-n2cccc2)nc(NC2CC2)n1. The zero-order chi connectivity index (χ0) is 24.0. The summed E-state index contributed by atoms with van der Waals surface area (Å²) in [4.78, 5) is 22.7. The molecule has 2 aliphatic carbocycles. The summed E-state index contributed by atoms with van der Waals surface area (Å²) in [7, 11) is 0. The van der Waals surface area contributed by atoms with Crippen LogP contribution in [0, 0.1) is 11.1 Å². The van der Waals surface area contributed by atoms with Crippen molar-refractivity contribution in [2.75, 3.05) is 10.6 Å². The molecule has 3 aromatic rings. The van der Waals surface area contributed by atoms with Crippen LogP contribution in [0.3, 0.4) is 0 Å². The largest absolute Gasteiger partial charge is 0.619 e. The van der Waals surface area contributed by atoms with Gasteiger partial charge in [-0.05, 0) is 42.9 Å². The molecule has 35 heavy (non-hydrogen) atoms. The molecule has 5 rings (SSSR count). The first kappa shape index (κ1) is 23.1. The predicted molar refractivity (Wildman–Crippen MR) is 134 cm³/mol. The number of hydrogen-bond acceptors (Lipinski definition) is 6. The molecule has 3 heterocycles. The Morgan fingerprint density at radius 1 is 1.09 bits per heavy atom. The van der Waals surface area contributed by atoms with Crippen LogP contribution in [0.2, 0.25) is 0 Å². The lowest BCUT2D eigenvalue weighted by molar-refractivity contribution is -0.605. The summed E-state index contributed by atoms with van der Waals surface area (Å²) in [6.45, 7) is 0.370. The summed E-state index contributed by atoms with van der Waals surface area (Å²) in [5, 5.41) is 21.2. The molecule has 184 valence electrons. The smallest absolute Gasteiger partial charge is 0.242 e. The van der Waals surface area contributed by atoms with Crippen molar-refractivity contribution in [1.82, 2.24) is 19.9 Å². The van der Waals surface area contributed by atoms with Crippen molar-refractivity contribution in [1.29, 1.82) is 0 Å². The lowest BCUT2D eigenvalue weighted by Crippen LogP contribution is -2.41. The minimum absolute atomic E-state index is 0.0627. The quantitative estimate of drug-likeness (QED) is 0.306. The van der Waals surface area contributed by atoms with E-state index in [9.17, 15) is 10.0 Å². The Morgan fingerprint density at radius 3 is 2.54 bits per heavy atom. The van der Waals surface area contributed by atoms with Gasteiger partial charge in [-0.3, -0.25) is 4.79 Å². The standard InChI is InChI=1S/C26H33N7O2/c34-25(27-18-20-10-14-33(35)15-11-20)22(16-19-6-2-1-3-7-19)29-23-17-24(32-12-4-5-13-32)31-26(30-23)28-21-8-9-21/h4-5,10-15,17,19,21-22H,1-3,6-9,16,18H2,(H,27,34)(H2,28,29,30,31)/t22-/m1/s1. The molecule has 3 aromatic heterocycles. The molecule has 2 fully saturated rings. The van der Waals surface area contributed by atoms with Crippen molar-refractivity contribution in [2.45, 2.75) is 70.0 Å². The summed E-state index contributed by atoms with van der Waals surface area (Å²) in [5.74, 6) is 2.41. The van der Waals surface area contributed by atoms with E-state index in [1.54, 1.807) is 12.1 Å². The van der Waals surface area contributed by atoms with E-state index in [0.717, 1.165) is 48.2 Å². The van der Waals surface area contributed by atoms with Gasteiger partial charge in [0.1, 0.15) is 17.7 Å². The maximum Gasteiger partial charge on any atom is 0.242 e. The van der Waals surface area contributed by atoms with Crippen LogP contribution in [-0.2, 0) is 11.3 Å². The van der Waals surface area contributed by atoms with Gasteiger partial charge in [-0.1, -0.05) is 32.1 Å². The van der Waals surface area contributed by atoms with Gasteiger partial charge in [0.15, 0.2) is 12.4 Å². The molecule has 0 aliphatic heterocycles. The number of nitrogens with zero attached hydrogens (tertiary/aromatic N) is 4. The molecule has 0 unspecified atom stereocenters. The summed E-state index contributed by atoms with van der Waals surface area (Å²) >= 11 is 0. The van der Waals surface area contributed by atoms with Gasteiger partial charge in [-0.2, -0.15) is 14.7 Å². The van der Waals surface area contributed by atoms with Crippen molar-refractivity contribution >= 4 is 17.7 Å². The molecule has 9 nitrogen and oxygen atoms in total.